The van der Waals surface area contributed by atoms with E-state index < -0.39 is 0 Å². The van der Waals surface area contributed by atoms with Crippen LogP contribution in [0.4, 0.5) is 0 Å². The first-order valence-electron chi connectivity index (χ1n) is 7.46. The summed E-state index contributed by atoms with van der Waals surface area (Å²) in [4.78, 5) is 0. The Morgan fingerprint density at radius 2 is 2.18 bits per heavy atom. The third-order valence-corrected chi connectivity index (χ3v) is 5.45. The number of fused-ring (bicyclic) bond motifs is 1. The standard InChI is InChI=1S/C16H26O/c1-12-4-3-7-16(2,9-12)15-6-5-13-10-17-11-14(13)8-15/h8,12-14H,3-7,9-11H2,1-2H3. The lowest BCUT2D eigenvalue weighted by Gasteiger charge is -2.41. The van der Waals surface area contributed by atoms with Gasteiger partial charge in [0.2, 0.25) is 0 Å². The van der Waals surface area contributed by atoms with E-state index in [0.29, 0.717) is 5.41 Å². The van der Waals surface area contributed by atoms with Crippen molar-refractivity contribution in [1.82, 2.24) is 0 Å². The minimum atomic E-state index is 0.519. The van der Waals surface area contributed by atoms with Crippen LogP contribution in [0.2, 0.25) is 0 Å². The molecule has 3 rings (SSSR count). The molecule has 0 N–H and O–H groups in total. The number of hydrogen-bond donors (Lipinski definition) is 0. The van der Waals surface area contributed by atoms with Crippen LogP contribution in [0.15, 0.2) is 11.6 Å². The summed E-state index contributed by atoms with van der Waals surface area (Å²) in [6.07, 6.45) is 11.0. The summed E-state index contributed by atoms with van der Waals surface area (Å²) in [6, 6.07) is 0. The summed E-state index contributed by atoms with van der Waals surface area (Å²) in [5.41, 5.74) is 2.29. The molecular weight excluding hydrogens is 208 g/mol. The first kappa shape index (κ1) is 11.8. The summed E-state index contributed by atoms with van der Waals surface area (Å²) >= 11 is 0. The van der Waals surface area contributed by atoms with Gasteiger partial charge in [0.1, 0.15) is 0 Å². The molecule has 3 aliphatic rings. The van der Waals surface area contributed by atoms with E-state index in [0.717, 1.165) is 31.0 Å². The largest absolute Gasteiger partial charge is 0.381 e. The molecule has 0 radical (unpaired) electrons. The van der Waals surface area contributed by atoms with Crippen LogP contribution >= 0.6 is 0 Å². The Hall–Kier alpha value is -0.300. The zero-order valence-corrected chi connectivity index (χ0v) is 11.4. The Kier molecular flexibility index (Phi) is 3.06. The molecular formula is C16H26O. The predicted octanol–water partition coefficient (Wildman–Crippen LogP) is 4.19. The Morgan fingerprint density at radius 1 is 1.29 bits per heavy atom. The van der Waals surface area contributed by atoms with Gasteiger partial charge in [0.25, 0.3) is 0 Å². The second-order valence-electron chi connectivity index (χ2n) is 6.95. The first-order valence-corrected chi connectivity index (χ1v) is 7.46. The maximum Gasteiger partial charge on any atom is 0.0532 e. The van der Waals surface area contributed by atoms with E-state index in [4.69, 9.17) is 4.74 Å². The van der Waals surface area contributed by atoms with Crippen molar-refractivity contribution in [3.05, 3.63) is 11.6 Å². The number of rotatable bonds is 1. The average molecular weight is 234 g/mol. The van der Waals surface area contributed by atoms with Crippen LogP contribution in [-0.2, 0) is 4.74 Å². The van der Waals surface area contributed by atoms with E-state index in [1.165, 1.54) is 38.5 Å². The third-order valence-electron chi connectivity index (χ3n) is 5.45. The van der Waals surface area contributed by atoms with Gasteiger partial charge < -0.3 is 4.74 Å². The number of hydrogen-bond acceptors (Lipinski definition) is 1. The average Bonchev–Trinajstić information content (AvgIpc) is 2.75. The maximum atomic E-state index is 5.64. The molecule has 0 spiro atoms. The van der Waals surface area contributed by atoms with E-state index in [1.54, 1.807) is 5.57 Å². The Bertz CT molecular complexity index is 319. The molecule has 0 bridgehead atoms. The van der Waals surface area contributed by atoms with Crippen LogP contribution in [0.25, 0.3) is 0 Å². The molecule has 1 heterocycles. The molecule has 4 atom stereocenters. The van der Waals surface area contributed by atoms with Gasteiger partial charge in [-0.15, -0.1) is 0 Å². The van der Waals surface area contributed by atoms with E-state index in [9.17, 15) is 0 Å². The topological polar surface area (TPSA) is 9.23 Å². The molecule has 2 aliphatic carbocycles. The van der Waals surface area contributed by atoms with Crippen LogP contribution in [-0.4, -0.2) is 13.2 Å². The molecule has 0 amide bonds. The highest BCUT2D eigenvalue weighted by atomic mass is 16.5. The van der Waals surface area contributed by atoms with E-state index in [2.05, 4.69) is 19.9 Å². The first-order chi connectivity index (χ1) is 8.17. The molecule has 0 aromatic carbocycles. The van der Waals surface area contributed by atoms with E-state index in [-0.39, 0.29) is 0 Å². The summed E-state index contributed by atoms with van der Waals surface area (Å²) in [5.74, 6) is 2.50. The number of ether oxygens (including phenoxy) is 1. The lowest BCUT2D eigenvalue weighted by molar-refractivity contribution is 0.181. The zero-order valence-electron chi connectivity index (χ0n) is 11.4. The van der Waals surface area contributed by atoms with Crippen molar-refractivity contribution in [2.75, 3.05) is 13.2 Å². The van der Waals surface area contributed by atoms with Crippen LogP contribution in [0.1, 0.15) is 52.4 Å². The fourth-order valence-corrected chi connectivity index (χ4v) is 4.39. The SMILES string of the molecule is CC1CCCC(C)(C2=CC3COCC3CC2)C1. The van der Waals surface area contributed by atoms with Crippen molar-refractivity contribution in [3.8, 4) is 0 Å². The van der Waals surface area contributed by atoms with Crippen LogP contribution in [0.5, 0.6) is 0 Å². The molecule has 96 valence electrons. The van der Waals surface area contributed by atoms with E-state index in [1.807, 2.05) is 0 Å². The van der Waals surface area contributed by atoms with Crippen LogP contribution < -0.4 is 0 Å². The van der Waals surface area contributed by atoms with Gasteiger partial charge in [-0.1, -0.05) is 38.3 Å². The van der Waals surface area contributed by atoms with Gasteiger partial charge in [-0.05, 0) is 42.9 Å². The van der Waals surface area contributed by atoms with Crippen molar-refractivity contribution < 1.29 is 4.74 Å². The molecule has 0 aromatic rings. The highest BCUT2D eigenvalue weighted by Gasteiger charge is 2.38. The Labute approximate surface area is 106 Å². The lowest BCUT2D eigenvalue weighted by Crippen LogP contribution is -2.30. The normalized spacial score (nSPS) is 46.5. The molecule has 1 saturated carbocycles. The van der Waals surface area contributed by atoms with Crippen molar-refractivity contribution in [2.45, 2.75) is 52.4 Å². The number of allylic oxidation sites excluding steroid dienone is 1. The Morgan fingerprint density at radius 3 is 3.00 bits per heavy atom. The molecule has 4 unspecified atom stereocenters. The highest BCUT2D eigenvalue weighted by Crippen LogP contribution is 2.49. The smallest absolute Gasteiger partial charge is 0.0532 e. The monoisotopic (exact) mass is 234 g/mol. The van der Waals surface area contributed by atoms with E-state index >= 15 is 0 Å². The van der Waals surface area contributed by atoms with Crippen molar-refractivity contribution in [3.63, 3.8) is 0 Å². The quantitative estimate of drug-likeness (QED) is 0.618. The molecule has 2 fully saturated rings. The maximum absolute atomic E-state index is 5.64. The minimum Gasteiger partial charge on any atom is -0.381 e. The zero-order chi connectivity index (χ0) is 11.9. The second kappa shape index (κ2) is 4.42. The van der Waals surface area contributed by atoms with Gasteiger partial charge >= 0.3 is 0 Å². The second-order valence-corrected chi connectivity index (χ2v) is 6.95. The predicted molar refractivity (Wildman–Crippen MR) is 70.9 cm³/mol. The Balaban J connectivity index is 1.78. The summed E-state index contributed by atoms with van der Waals surface area (Å²) < 4.78 is 5.64. The molecule has 1 nitrogen and oxygen atoms in total. The van der Waals surface area contributed by atoms with Crippen molar-refractivity contribution in [2.24, 2.45) is 23.2 Å². The van der Waals surface area contributed by atoms with Gasteiger partial charge in [-0.25, -0.2) is 0 Å². The molecule has 1 heteroatoms. The van der Waals surface area contributed by atoms with Gasteiger partial charge in [-0.2, -0.15) is 0 Å². The summed E-state index contributed by atoms with van der Waals surface area (Å²) in [6.45, 7) is 6.95. The minimum absolute atomic E-state index is 0.519. The van der Waals surface area contributed by atoms with Crippen molar-refractivity contribution >= 4 is 0 Å². The van der Waals surface area contributed by atoms with Crippen molar-refractivity contribution in [1.29, 1.82) is 0 Å². The fraction of sp³-hybridized carbons (Fsp3) is 0.875. The van der Waals surface area contributed by atoms with Gasteiger partial charge in [0.05, 0.1) is 13.2 Å². The molecule has 0 aromatic heterocycles. The highest BCUT2D eigenvalue weighted by molar-refractivity contribution is 5.20. The van der Waals surface area contributed by atoms with Gasteiger partial charge in [0, 0.05) is 5.92 Å². The lowest BCUT2D eigenvalue weighted by atomic mass is 9.63. The van der Waals surface area contributed by atoms with Gasteiger partial charge in [-0.3, -0.25) is 0 Å². The van der Waals surface area contributed by atoms with Crippen LogP contribution in [0, 0.1) is 23.2 Å². The fourth-order valence-electron chi connectivity index (χ4n) is 4.39. The summed E-state index contributed by atoms with van der Waals surface area (Å²) in [5, 5.41) is 0. The molecule has 1 saturated heterocycles. The van der Waals surface area contributed by atoms with Crippen LogP contribution in [0.3, 0.4) is 0 Å². The molecule has 1 aliphatic heterocycles. The summed E-state index contributed by atoms with van der Waals surface area (Å²) in [7, 11) is 0. The third kappa shape index (κ3) is 2.19. The van der Waals surface area contributed by atoms with Gasteiger partial charge in [0.15, 0.2) is 0 Å². The molecule has 17 heavy (non-hydrogen) atoms.